The van der Waals surface area contributed by atoms with Gasteiger partial charge in [0.15, 0.2) is 11.5 Å². The van der Waals surface area contributed by atoms with E-state index in [1.165, 1.54) is 0 Å². The lowest BCUT2D eigenvalue weighted by Gasteiger charge is -2.30. The molecule has 0 atom stereocenters. The molecule has 0 radical (unpaired) electrons. The predicted molar refractivity (Wildman–Crippen MR) is 102 cm³/mol. The van der Waals surface area contributed by atoms with Gasteiger partial charge < -0.3 is 24.4 Å². The van der Waals surface area contributed by atoms with Crippen LogP contribution in [0.1, 0.15) is 15.9 Å². The molecule has 0 unspecified atom stereocenters. The number of aryl methyl sites for hydroxylation is 1. The maximum atomic E-state index is 12.9. The Balaban J connectivity index is 1.87. The van der Waals surface area contributed by atoms with E-state index in [0.29, 0.717) is 36.0 Å². The molecule has 6 heteroatoms. The number of rotatable bonds is 5. The molecule has 3 rings (SSSR count). The van der Waals surface area contributed by atoms with E-state index in [4.69, 9.17) is 14.2 Å². The fraction of sp³-hybridized carbons (Fsp3) is 0.350. The molecule has 2 aromatic rings. The Hall–Kier alpha value is -2.73. The number of ether oxygens (including phenoxy) is 3. The quantitative estimate of drug-likeness (QED) is 0.892. The van der Waals surface area contributed by atoms with Crippen LogP contribution >= 0.6 is 0 Å². The fourth-order valence-electron chi connectivity index (χ4n) is 3.05. The van der Waals surface area contributed by atoms with Crippen molar-refractivity contribution in [2.24, 2.45) is 0 Å². The van der Waals surface area contributed by atoms with E-state index in [9.17, 15) is 4.79 Å². The number of para-hydroxylation sites is 1. The van der Waals surface area contributed by atoms with Crippen LogP contribution in [-0.2, 0) is 4.74 Å². The molecule has 0 spiro atoms. The van der Waals surface area contributed by atoms with Crippen LogP contribution in [0.5, 0.6) is 11.5 Å². The van der Waals surface area contributed by atoms with Crippen LogP contribution < -0.4 is 19.7 Å². The van der Waals surface area contributed by atoms with Gasteiger partial charge in [0.25, 0.3) is 5.91 Å². The molecule has 1 saturated heterocycles. The molecule has 1 heterocycles. The molecular formula is C20H24N2O4. The second-order valence-corrected chi connectivity index (χ2v) is 6.09. The highest BCUT2D eigenvalue weighted by atomic mass is 16.5. The van der Waals surface area contributed by atoms with Crippen molar-refractivity contribution in [3.8, 4) is 11.5 Å². The highest BCUT2D eigenvalue weighted by molar-refractivity contribution is 6.08. The molecule has 1 aliphatic rings. The Labute approximate surface area is 153 Å². The molecule has 0 saturated carbocycles. The minimum Gasteiger partial charge on any atom is -0.493 e. The molecule has 26 heavy (non-hydrogen) atoms. The van der Waals surface area contributed by atoms with E-state index in [0.717, 1.165) is 24.3 Å². The van der Waals surface area contributed by atoms with E-state index >= 15 is 0 Å². The van der Waals surface area contributed by atoms with Crippen LogP contribution in [0.3, 0.4) is 0 Å². The maximum absolute atomic E-state index is 12.9. The van der Waals surface area contributed by atoms with E-state index in [2.05, 4.69) is 10.2 Å². The largest absolute Gasteiger partial charge is 0.493 e. The lowest BCUT2D eigenvalue weighted by molar-refractivity contribution is 0.102. The van der Waals surface area contributed by atoms with E-state index < -0.39 is 0 Å². The lowest BCUT2D eigenvalue weighted by Crippen LogP contribution is -2.37. The number of nitrogens with one attached hydrogen (secondary N) is 1. The zero-order valence-electron chi connectivity index (χ0n) is 15.4. The number of carbonyl (C=O) groups excluding carboxylic acids is 1. The van der Waals surface area contributed by atoms with Crippen LogP contribution in [0, 0.1) is 6.92 Å². The summed E-state index contributed by atoms with van der Waals surface area (Å²) in [6, 6.07) is 11.3. The minimum absolute atomic E-state index is 0.151. The van der Waals surface area contributed by atoms with Gasteiger partial charge in [0, 0.05) is 30.5 Å². The lowest BCUT2D eigenvalue weighted by atomic mass is 10.1. The Morgan fingerprint density at radius 1 is 1.08 bits per heavy atom. The van der Waals surface area contributed by atoms with E-state index in [1.54, 1.807) is 20.3 Å². The van der Waals surface area contributed by atoms with Crippen LogP contribution in [0.2, 0.25) is 0 Å². The first-order valence-electron chi connectivity index (χ1n) is 8.59. The average molecular weight is 356 g/mol. The summed E-state index contributed by atoms with van der Waals surface area (Å²) >= 11 is 0. The first-order valence-corrected chi connectivity index (χ1v) is 8.59. The van der Waals surface area contributed by atoms with Gasteiger partial charge in [-0.15, -0.1) is 0 Å². The monoisotopic (exact) mass is 356 g/mol. The second kappa shape index (κ2) is 8.10. The summed E-state index contributed by atoms with van der Waals surface area (Å²) in [5.41, 5.74) is 3.17. The molecular weight excluding hydrogens is 332 g/mol. The standard InChI is InChI=1S/C20H24N2O4/c1-14-12-18(24-2)19(25-3)13-16(14)21-20(23)15-6-4-5-7-17(15)22-8-10-26-11-9-22/h4-7,12-13H,8-11H2,1-3H3,(H,21,23). The topological polar surface area (TPSA) is 60.0 Å². The van der Waals surface area contributed by atoms with Crippen molar-refractivity contribution in [1.82, 2.24) is 0 Å². The molecule has 2 aromatic carbocycles. The van der Waals surface area contributed by atoms with Crippen LogP contribution in [0.25, 0.3) is 0 Å². The normalized spacial score (nSPS) is 14.0. The summed E-state index contributed by atoms with van der Waals surface area (Å²) < 4.78 is 16.1. The second-order valence-electron chi connectivity index (χ2n) is 6.09. The molecule has 0 aromatic heterocycles. The summed E-state index contributed by atoms with van der Waals surface area (Å²) in [5.74, 6) is 1.06. The van der Waals surface area contributed by atoms with E-state index in [-0.39, 0.29) is 5.91 Å². The number of hydrogen-bond acceptors (Lipinski definition) is 5. The number of amides is 1. The third-order valence-electron chi connectivity index (χ3n) is 4.48. The molecule has 6 nitrogen and oxygen atoms in total. The smallest absolute Gasteiger partial charge is 0.257 e. The molecule has 1 N–H and O–H groups in total. The van der Waals surface area contributed by atoms with Gasteiger partial charge in [-0.25, -0.2) is 0 Å². The highest BCUT2D eigenvalue weighted by Gasteiger charge is 2.19. The fourth-order valence-corrected chi connectivity index (χ4v) is 3.05. The van der Waals surface area contributed by atoms with Crippen molar-refractivity contribution in [2.45, 2.75) is 6.92 Å². The molecule has 1 amide bonds. The maximum Gasteiger partial charge on any atom is 0.257 e. The van der Waals surface area contributed by atoms with Crippen molar-refractivity contribution in [2.75, 3.05) is 50.7 Å². The Morgan fingerprint density at radius 3 is 2.42 bits per heavy atom. The zero-order chi connectivity index (χ0) is 18.5. The third kappa shape index (κ3) is 3.75. The molecule has 138 valence electrons. The van der Waals surface area contributed by atoms with Crippen molar-refractivity contribution < 1.29 is 19.0 Å². The number of morpholine rings is 1. The van der Waals surface area contributed by atoms with Crippen molar-refractivity contribution in [3.63, 3.8) is 0 Å². The Bertz CT molecular complexity index is 785. The number of benzene rings is 2. The van der Waals surface area contributed by atoms with Gasteiger partial charge in [-0.3, -0.25) is 4.79 Å². The van der Waals surface area contributed by atoms with Crippen LogP contribution in [-0.4, -0.2) is 46.4 Å². The van der Waals surface area contributed by atoms with Gasteiger partial charge >= 0.3 is 0 Å². The first-order chi connectivity index (χ1) is 12.6. The van der Waals surface area contributed by atoms with Gasteiger partial charge in [0.05, 0.1) is 33.0 Å². The number of carbonyl (C=O) groups is 1. The number of methoxy groups -OCH3 is 2. The number of anilines is 2. The average Bonchev–Trinajstić information content (AvgIpc) is 2.69. The van der Waals surface area contributed by atoms with E-state index in [1.807, 2.05) is 37.3 Å². The van der Waals surface area contributed by atoms with Crippen molar-refractivity contribution in [1.29, 1.82) is 0 Å². The van der Waals surface area contributed by atoms with Crippen molar-refractivity contribution in [3.05, 3.63) is 47.5 Å². The summed E-state index contributed by atoms with van der Waals surface area (Å²) in [7, 11) is 3.17. The van der Waals surface area contributed by atoms with Gasteiger partial charge in [0.1, 0.15) is 0 Å². The SMILES string of the molecule is COc1cc(C)c(NC(=O)c2ccccc2N2CCOCC2)cc1OC. The zero-order valence-corrected chi connectivity index (χ0v) is 15.4. The summed E-state index contributed by atoms with van der Waals surface area (Å²) in [4.78, 5) is 15.1. The number of nitrogens with zero attached hydrogens (tertiary/aromatic N) is 1. The predicted octanol–water partition coefficient (Wildman–Crippen LogP) is 3.10. The Kier molecular flexibility index (Phi) is 5.63. The summed E-state index contributed by atoms with van der Waals surface area (Å²) in [6.07, 6.45) is 0. The Morgan fingerprint density at radius 2 is 1.73 bits per heavy atom. The van der Waals surface area contributed by atoms with Crippen LogP contribution in [0.15, 0.2) is 36.4 Å². The summed E-state index contributed by atoms with van der Waals surface area (Å²) in [5, 5.41) is 3.00. The number of hydrogen-bond donors (Lipinski definition) is 1. The van der Waals surface area contributed by atoms with Gasteiger partial charge in [-0.05, 0) is 30.7 Å². The van der Waals surface area contributed by atoms with Crippen LogP contribution in [0.4, 0.5) is 11.4 Å². The van der Waals surface area contributed by atoms with Gasteiger partial charge in [-0.2, -0.15) is 0 Å². The molecule has 0 bridgehead atoms. The molecule has 1 fully saturated rings. The third-order valence-corrected chi connectivity index (χ3v) is 4.48. The first kappa shape index (κ1) is 18.1. The minimum atomic E-state index is -0.151. The van der Waals surface area contributed by atoms with Crippen molar-refractivity contribution >= 4 is 17.3 Å². The summed E-state index contributed by atoms with van der Waals surface area (Å²) in [6.45, 7) is 4.82. The highest BCUT2D eigenvalue weighted by Crippen LogP contribution is 2.33. The molecule has 1 aliphatic heterocycles. The molecule has 0 aliphatic carbocycles. The van der Waals surface area contributed by atoms with Gasteiger partial charge in [0.2, 0.25) is 0 Å². The van der Waals surface area contributed by atoms with Gasteiger partial charge in [-0.1, -0.05) is 12.1 Å².